The van der Waals surface area contributed by atoms with Crippen molar-refractivity contribution in [1.82, 2.24) is 10.2 Å². The van der Waals surface area contributed by atoms with Crippen molar-refractivity contribution in [1.29, 1.82) is 0 Å². The van der Waals surface area contributed by atoms with Crippen molar-refractivity contribution in [2.45, 2.75) is 59.4 Å². The summed E-state index contributed by atoms with van der Waals surface area (Å²) in [7, 11) is 0. The molecule has 0 aromatic carbocycles. The summed E-state index contributed by atoms with van der Waals surface area (Å²) >= 11 is 0. The van der Waals surface area contributed by atoms with E-state index in [2.05, 4.69) is 12.2 Å². The van der Waals surface area contributed by atoms with Crippen LogP contribution in [-0.2, 0) is 0 Å². The number of carbonyl (C=O) groups is 1. The zero-order valence-corrected chi connectivity index (χ0v) is 10.7. The Balaban J connectivity index is 3.63. The smallest absolute Gasteiger partial charge is 0.317 e. The van der Waals surface area contributed by atoms with Crippen molar-refractivity contribution < 1.29 is 4.79 Å². The zero-order chi connectivity index (χ0) is 11.7. The highest BCUT2D eigenvalue weighted by Gasteiger charge is 2.13. The van der Waals surface area contributed by atoms with Crippen LogP contribution in [0, 0.1) is 0 Å². The summed E-state index contributed by atoms with van der Waals surface area (Å²) in [6.45, 7) is 9.87. The van der Waals surface area contributed by atoms with Crippen LogP contribution in [0.15, 0.2) is 0 Å². The van der Waals surface area contributed by atoms with E-state index in [9.17, 15) is 4.79 Å². The lowest BCUT2D eigenvalue weighted by molar-refractivity contribution is 0.186. The normalized spacial score (nSPS) is 10.5. The minimum absolute atomic E-state index is 0.0731. The molecule has 3 nitrogen and oxygen atoms in total. The number of unbranched alkanes of at least 4 members (excludes halogenated alkanes) is 3. The first-order chi connectivity index (χ1) is 7.13. The molecule has 0 heterocycles. The maximum Gasteiger partial charge on any atom is 0.317 e. The summed E-state index contributed by atoms with van der Waals surface area (Å²) in [4.78, 5) is 13.5. The highest BCUT2D eigenvalue weighted by molar-refractivity contribution is 5.74. The van der Waals surface area contributed by atoms with Gasteiger partial charge in [-0.2, -0.15) is 0 Å². The molecule has 90 valence electrons. The number of rotatable bonds is 7. The molecule has 0 aliphatic heterocycles. The molecule has 0 fully saturated rings. The first-order valence-electron chi connectivity index (χ1n) is 6.17. The predicted octanol–water partition coefficient (Wildman–Crippen LogP) is 3.01. The van der Waals surface area contributed by atoms with E-state index in [0.29, 0.717) is 0 Å². The van der Waals surface area contributed by atoms with Gasteiger partial charge in [-0.15, -0.1) is 0 Å². The Hall–Kier alpha value is -0.730. The van der Waals surface area contributed by atoms with Crippen LogP contribution in [0.1, 0.15) is 53.4 Å². The number of amides is 2. The highest BCUT2D eigenvalue weighted by Crippen LogP contribution is 2.00. The number of nitrogens with one attached hydrogen (secondary N) is 1. The Morgan fingerprint density at radius 2 is 1.87 bits per heavy atom. The van der Waals surface area contributed by atoms with E-state index in [1.165, 1.54) is 19.3 Å². The third kappa shape index (κ3) is 6.37. The van der Waals surface area contributed by atoms with Gasteiger partial charge in [0.05, 0.1) is 0 Å². The molecule has 0 aromatic rings. The molecular weight excluding hydrogens is 188 g/mol. The maximum atomic E-state index is 11.7. The number of hydrogen-bond acceptors (Lipinski definition) is 1. The first-order valence-corrected chi connectivity index (χ1v) is 6.17. The molecule has 1 N–H and O–H groups in total. The minimum Gasteiger partial charge on any atom is -0.338 e. The van der Waals surface area contributed by atoms with E-state index in [1.54, 1.807) is 0 Å². The highest BCUT2D eigenvalue weighted by atomic mass is 16.2. The average molecular weight is 214 g/mol. The Morgan fingerprint density at radius 1 is 1.20 bits per heavy atom. The summed E-state index contributed by atoms with van der Waals surface area (Å²) in [5.41, 5.74) is 0. The van der Waals surface area contributed by atoms with E-state index in [1.807, 2.05) is 25.7 Å². The fourth-order valence-electron chi connectivity index (χ4n) is 1.59. The van der Waals surface area contributed by atoms with E-state index >= 15 is 0 Å². The second kappa shape index (κ2) is 8.57. The molecule has 0 aliphatic carbocycles. The quantitative estimate of drug-likeness (QED) is 0.649. The van der Waals surface area contributed by atoms with Gasteiger partial charge in [0, 0.05) is 19.1 Å². The van der Waals surface area contributed by atoms with Crippen molar-refractivity contribution in [2.75, 3.05) is 13.1 Å². The van der Waals surface area contributed by atoms with Gasteiger partial charge in [0.15, 0.2) is 0 Å². The van der Waals surface area contributed by atoms with Gasteiger partial charge in [-0.3, -0.25) is 0 Å². The Kier molecular flexibility index (Phi) is 8.15. The second-order valence-corrected chi connectivity index (χ2v) is 4.17. The SMILES string of the molecule is CCCCCCNC(=O)N(CC)C(C)C. The number of hydrogen-bond donors (Lipinski definition) is 1. The fourth-order valence-corrected chi connectivity index (χ4v) is 1.59. The lowest BCUT2D eigenvalue weighted by atomic mass is 10.2. The maximum absolute atomic E-state index is 11.7. The molecule has 0 spiro atoms. The third-order valence-electron chi connectivity index (χ3n) is 2.53. The summed E-state index contributed by atoms with van der Waals surface area (Å²) in [5, 5.41) is 2.96. The van der Waals surface area contributed by atoms with E-state index in [4.69, 9.17) is 0 Å². The lowest BCUT2D eigenvalue weighted by Crippen LogP contribution is -2.44. The van der Waals surface area contributed by atoms with Gasteiger partial charge in [-0.1, -0.05) is 26.2 Å². The van der Waals surface area contributed by atoms with Crippen LogP contribution >= 0.6 is 0 Å². The fraction of sp³-hybridized carbons (Fsp3) is 0.917. The number of nitrogens with zero attached hydrogens (tertiary/aromatic N) is 1. The van der Waals surface area contributed by atoms with Crippen molar-refractivity contribution in [3.63, 3.8) is 0 Å². The Morgan fingerprint density at radius 3 is 2.33 bits per heavy atom. The van der Waals surface area contributed by atoms with Crippen LogP contribution in [-0.4, -0.2) is 30.1 Å². The first kappa shape index (κ1) is 14.3. The minimum atomic E-state index is 0.0731. The van der Waals surface area contributed by atoms with Gasteiger partial charge in [0.2, 0.25) is 0 Å². The predicted molar refractivity (Wildman–Crippen MR) is 65.1 cm³/mol. The molecule has 0 atom stereocenters. The molecule has 2 amide bonds. The van der Waals surface area contributed by atoms with E-state index in [0.717, 1.165) is 19.5 Å². The van der Waals surface area contributed by atoms with Gasteiger partial charge in [-0.05, 0) is 27.2 Å². The average Bonchev–Trinajstić information content (AvgIpc) is 2.18. The third-order valence-corrected chi connectivity index (χ3v) is 2.53. The molecule has 15 heavy (non-hydrogen) atoms. The van der Waals surface area contributed by atoms with E-state index < -0.39 is 0 Å². The summed E-state index contributed by atoms with van der Waals surface area (Å²) < 4.78 is 0. The molecule has 0 aromatic heterocycles. The Bertz CT molecular complexity index is 169. The van der Waals surface area contributed by atoms with Crippen LogP contribution in [0.3, 0.4) is 0 Å². The Labute approximate surface area is 94.2 Å². The van der Waals surface area contributed by atoms with Crippen LogP contribution in [0.5, 0.6) is 0 Å². The molecule has 0 unspecified atom stereocenters. The lowest BCUT2D eigenvalue weighted by Gasteiger charge is -2.25. The molecule has 0 aliphatic rings. The molecule has 0 radical (unpaired) electrons. The van der Waals surface area contributed by atoms with Crippen molar-refractivity contribution in [2.24, 2.45) is 0 Å². The van der Waals surface area contributed by atoms with Gasteiger partial charge < -0.3 is 10.2 Å². The molecular formula is C12H26N2O. The van der Waals surface area contributed by atoms with Crippen LogP contribution < -0.4 is 5.32 Å². The zero-order valence-electron chi connectivity index (χ0n) is 10.7. The molecule has 0 saturated heterocycles. The molecule has 0 bridgehead atoms. The topological polar surface area (TPSA) is 32.3 Å². The number of carbonyl (C=O) groups excluding carboxylic acids is 1. The summed E-state index contributed by atoms with van der Waals surface area (Å²) in [5.74, 6) is 0. The largest absolute Gasteiger partial charge is 0.338 e. The van der Waals surface area contributed by atoms with Gasteiger partial charge in [0.25, 0.3) is 0 Å². The van der Waals surface area contributed by atoms with Crippen LogP contribution in [0.25, 0.3) is 0 Å². The molecule has 0 saturated carbocycles. The standard InChI is InChI=1S/C12H26N2O/c1-5-7-8-9-10-13-12(15)14(6-2)11(3)4/h11H,5-10H2,1-4H3,(H,13,15). The van der Waals surface area contributed by atoms with Crippen LogP contribution in [0.4, 0.5) is 4.79 Å². The van der Waals surface area contributed by atoms with Crippen molar-refractivity contribution >= 4 is 6.03 Å². The molecule has 0 rings (SSSR count). The molecule has 3 heteroatoms. The number of urea groups is 1. The summed E-state index contributed by atoms with van der Waals surface area (Å²) in [6, 6.07) is 0.356. The van der Waals surface area contributed by atoms with Gasteiger partial charge in [-0.25, -0.2) is 4.79 Å². The van der Waals surface area contributed by atoms with Gasteiger partial charge >= 0.3 is 6.03 Å². The second-order valence-electron chi connectivity index (χ2n) is 4.17. The van der Waals surface area contributed by atoms with E-state index in [-0.39, 0.29) is 12.1 Å². The van der Waals surface area contributed by atoms with Crippen LogP contribution in [0.2, 0.25) is 0 Å². The monoisotopic (exact) mass is 214 g/mol. The van der Waals surface area contributed by atoms with Gasteiger partial charge in [0.1, 0.15) is 0 Å². The van der Waals surface area contributed by atoms with Crippen molar-refractivity contribution in [3.8, 4) is 0 Å². The van der Waals surface area contributed by atoms with Crippen molar-refractivity contribution in [3.05, 3.63) is 0 Å². The summed E-state index contributed by atoms with van der Waals surface area (Å²) in [6.07, 6.45) is 4.80.